The quantitative estimate of drug-likeness (QED) is 0.160. The molecule has 0 saturated heterocycles. The SMILES string of the molecule is CCCCC(CC)C[Si]12CC(CCCC)C(C)C(C)(C)c3cc1c(s3)-c1sc(-c3ccc(C(C)(C)C)c4nsnc34)cc12. The molecule has 0 aliphatic carbocycles. The molecule has 2 aliphatic heterocycles. The summed E-state index contributed by atoms with van der Waals surface area (Å²) < 4.78 is 9.73. The van der Waals surface area contributed by atoms with Gasteiger partial charge in [0.25, 0.3) is 0 Å². The summed E-state index contributed by atoms with van der Waals surface area (Å²) in [7, 11) is -1.97. The maximum absolute atomic E-state index is 4.90. The molecule has 0 radical (unpaired) electrons. The standard InChI is InChI=1S/C37H52N2S3Si/c1-10-13-15-24(12-3)21-43-22-25(16-14-11-2)23(4)37(8,9)31-20-30(43)35(41-31)34-29(43)19-28(40-34)26-17-18-27(36(5,6)7)33-32(26)38-42-39-33/h17-20,23-25H,10-16,21-22H2,1-9H3. The zero-order valence-corrected chi connectivity index (χ0v) is 31.5. The number of thiophene rings is 2. The number of hydrogen-bond acceptors (Lipinski definition) is 5. The monoisotopic (exact) mass is 648 g/mol. The Morgan fingerprint density at radius 1 is 0.953 bits per heavy atom. The Kier molecular flexibility index (Phi) is 8.67. The molecule has 5 heterocycles. The van der Waals surface area contributed by atoms with E-state index in [0.717, 1.165) is 22.9 Å². The van der Waals surface area contributed by atoms with E-state index < -0.39 is 8.07 Å². The molecule has 0 saturated carbocycles. The number of rotatable bonds is 10. The predicted octanol–water partition coefficient (Wildman–Crippen LogP) is 11.3. The van der Waals surface area contributed by atoms with Crippen LogP contribution in [-0.2, 0) is 10.8 Å². The Bertz CT molecular complexity index is 1600. The molecular formula is C37H52N2S3Si. The maximum atomic E-state index is 4.90. The lowest BCUT2D eigenvalue weighted by molar-refractivity contribution is 0.235. The Morgan fingerprint density at radius 3 is 2.35 bits per heavy atom. The molecular weight excluding hydrogens is 597 g/mol. The van der Waals surface area contributed by atoms with Gasteiger partial charge in [0.1, 0.15) is 19.1 Å². The van der Waals surface area contributed by atoms with Crippen LogP contribution in [0.2, 0.25) is 12.1 Å². The Morgan fingerprint density at radius 2 is 1.65 bits per heavy atom. The molecule has 3 aromatic heterocycles. The molecule has 43 heavy (non-hydrogen) atoms. The lowest BCUT2D eigenvalue weighted by atomic mass is 9.71. The van der Waals surface area contributed by atoms with E-state index in [1.54, 1.807) is 19.8 Å². The lowest BCUT2D eigenvalue weighted by Gasteiger charge is -2.44. The van der Waals surface area contributed by atoms with Crippen LogP contribution in [0.4, 0.5) is 0 Å². The van der Waals surface area contributed by atoms with Crippen molar-refractivity contribution in [3.63, 3.8) is 0 Å². The maximum Gasteiger partial charge on any atom is 0.122 e. The number of aromatic nitrogens is 2. The minimum atomic E-state index is -1.97. The van der Waals surface area contributed by atoms with Crippen LogP contribution >= 0.6 is 34.4 Å². The number of fused-ring (bicyclic) bond motifs is 5. The first-order valence-corrected chi connectivity index (χ1v) is 21.8. The van der Waals surface area contributed by atoms with Crippen molar-refractivity contribution in [2.45, 2.75) is 130 Å². The van der Waals surface area contributed by atoms with Crippen molar-refractivity contribution < 1.29 is 0 Å². The second kappa shape index (κ2) is 11.8. The van der Waals surface area contributed by atoms with Crippen LogP contribution in [0.15, 0.2) is 24.3 Å². The zero-order valence-electron chi connectivity index (χ0n) is 28.0. The molecule has 6 heteroatoms. The van der Waals surface area contributed by atoms with E-state index in [4.69, 9.17) is 8.75 Å². The predicted molar refractivity (Wildman–Crippen MR) is 196 cm³/mol. The fourth-order valence-corrected chi connectivity index (χ4v) is 19.5. The van der Waals surface area contributed by atoms with Gasteiger partial charge >= 0.3 is 0 Å². The second-order valence-electron chi connectivity index (χ2n) is 15.4. The van der Waals surface area contributed by atoms with Crippen molar-refractivity contribution in [3.05, 3.63) is 34.7 Å². The molecule has 0 amide bonds. The molecule has 2 bridgehead atoms. The molecule has 6 rings (SSSR count). The van der Waals surface area contributed by atoms with Crippen LogP contribution in [0, 0.1) is 17.8 Å². The van der Waals surface area contributed by atoms with E-state index in [2.05, 4.69) is 109 Å². The molecule has 4 atom stereocenters. The number of hydrogen-bond donors (Lipinski definition) is 0. The summed E-state index contributed by atoms with van der Waals surface area (Å²) in [5, 5.41) is 3.60. The van der Waals surface area contributed by atoms with Gasteiger partial charge in [-0.3, -0.25) is 0 Å². The summed E-state index contributed by atoms with van der Waals surface area (Å²) in [6, 6.07) is 13.0. The van der Waals surface area contributed by atoms with Gasteiger partial charge in [-0.25, -0.2) is 0 Å². The Balaban J connectivity index is 1.56. The molecule has 1 aromatic carbocycles. The summed E-state index contributed by atoms with van der Waals surface area (Å²) in [5.74, 6) is 2.32. The highest BCUT2D eigenvalue weighted by Crippen LogP contribution is 2.54. The highest BCUT2D eigenvalue weighted by molar-refractivity contribution is 7.30. The molecule has 2 nitrogen and oxygen atoms in total. The molecule has 4 unspecified atom stereocenters. The third-order valence-corrected chi connectivity index (χ3v) is 20.4. The summed E-state index contributed by atoms with van der Waals surface area (Å²) in [4.78, 5) is 6.33. The van der Waals surface area contributed by atoms with Crippen LogP contribution in [0.25, 0.3) is 31.2 Å². The molecule has 0 spiro atoms. The van der Waals surface area contributed by atoms with Crippen LogP contribution in [-0.4, -0.2) is 16.8 Å². The normalized spacial score (nSPS) is 23.4. The van der Waals surface area contributed by atoms with Crippen molar-refractivity contribution in [2.75, 3.05) is 0 Å². The van der Waals surface area contributed by atoms with Crippen molar-refractivity contribution in [1.82, 2.24) is 8.75 Å². The van der Waals surface area contributed by atoms with E-state index in [9.17, 15) is 0 Å². The molecule has 4 aromatic rings. The highest BCUT2D eigenvalue weighted by atomic mass is 32.1. The van der Waals surface area contributed by atoms with Gasteiger partial charge in [-0.1, -0.05) is 119 Å². The van der Waals surface area contributed by atoms with E-state index in [1.165, 1.54) is 84.8 Å². The van der Waals surface area contributed by atoms with Crippen LogP contribution in [0.5, 0.6) is 0 Å². The minimum absolute atomic E-state index is 0.0496. The third kappa shape index (κ3) is 5.24. The summed E-state index contributed by atoms with van der Waals surface area (Å²) in [5.41, 5.74) is 5.08. The van der Waals surface area contributed by atoms with Crippen molar-refractivity contribution in [1.29, 1.82) is 0 Å². The fraction of sp³-hybridized carbons (Fsp3) is 0.622. The van der Waals surface area contributed by atoms with E-state index in [0.29, 0.717) is 5.92 Å². The average Bonchev–Trinajstić information content (AvgIpc) is 3.75. The number of benzene rings is 1. The minimum Gasteiger partial charge on any atom is -0.173 e. The molecule has 0 fully saturated rings. The smallest absolute Gasteiger partial charge is 0.122 e. The van der Waals surface area contributed by atoms with Crippen molar-refractivity contribution in [3.8, 4) is 20.2 Å². The molecule has 232 valence electrons. The summed E-state index contributed by atoms with van der Waals surface area (Å²) in [6.07, 6.45) is 9.41. The first kappa shape index (κ1) is 31.6. The second-order valence-corrected chi connectivity index (χ2v) is 22.1. The fourth-order valence-electron chi connectivity index (χ4n) is 8.31. The van der Waals surface area contributed by atoms with Crippen LogP contribution < -0.4 is 10.4 Å². The topological polar surface area (TPSA) is 25.8 Å². The van der Waals surface area contributed by atoms with Gasteiger partial charge in [0.15, 0.2) is 0 Å². The zero-order chi connectivity index (χ0) is 30.7. The van der Waals surface area contributed by atoms with Gasteiger partial charge in [-0.15, -0.1) is 22.7 Å². The van der Waals surface area contributed by atoms with Gasteiger partial charge in [-0.05, 0) is 63.3 Å². The Hall–Kier alpha value is -1.34. The largest absolute Gasteiger partial charge is 0.173 e. The van der Waals surface area contributed by atoms with E-state index >= 15 is 0 Å². The van der Waals surface area contributed by atoms with Gasteiger partial charge in [0.2, 0.25) is 0 Å². The van der Waals surface area contributed by atoms with Gasteiger partial charge in [0.05, 0.1) is 11.7 Å². The first-order valence-electron chi connectivity index (χ1n) is 17.0. The summed E-state index contributed by atoms with van der Waals surface area (Å²) in [6.45, 7) is 21.8. The summed E-state index contributed by atoms with van der Waals surface area (Å²) >= 11 is 5.60. The Labute approximate surface area is 274 Å². The van der Waals surface area contributed by atoms with Crippen LogP contribution in [0.3, 0.4) is 0 Å². The third-order valence-electron chi connectivity index (χ3n) is 11.4. The van der Waals surface area contributed by atoms with Crippen LogP contribution in [0.1, 0.15) is 118 Å². The molecule has 0 N–H and O–H groups in total. The van der Waals surface area contributed by atoms with E-state index in [1.807, 2.05) is 5.19 Å². The molecule has 2 aliphatic rings. The average molecular weight is 649 g/mol. The van der Waals surface area contributed by atoms with Gasteiger partial charge in [-0.2, -0.15) is 8.75 Å². The van der Waals surface area contributed by atoms with Crippen molar-refractivity contribution >= 4 is 63.9 Å². The lowest BCUT2D eigenvalue weighted by Crippen LogP contribution is -2.58. The number of unbranched alkanes of at least 4 members (excludes halogenated alkanes) is 2. The van der Waals surface area contributed by atoms with E-state index in [-0.39, 0.29) is 10.8 Å². The number of nitrogens with zero attached hydrogens (tertiary/aromatic N) is 2. The highest BCUT2D eigenvalue weighted by Gasteiger charge is 2.53. The first-order chi connectivity index (χ1) is 20.5. The van der Waals surface area contributed by atoms with Crippen molar-refractivity contribution in [2.24, 2.45) is 17.8 Å². The van der Waals surface area contributed by atoms with Gasteiger partial charge in [0, 0.05) is 30.5 Å². The van der Waals surface area contributed by atoms with Gasteiger partial charge < -0.3 is 0 Å².